The van der Waals surface area contributed by atoms with Gasteiger partial charge in [-0.1, -0.05) is 55.9 Å². The smallest absolute Gasteiger partial charge is 0.230 e. The third-order valence-electron chi connectivity index (χ3n) is 4.62. The SMILES string of the molecule is CCN(CC)C(CNC(=O)CSc1nnnn1C1CC1)c1ccccc1. The molecule has 7 nitrogen and oxygen atoms in total. The van der Waals surface area contributed by atoms with Crippen LogP contribution in [-0.4, -0.2) is 56.4 Å². The fourth-order valence-corrected chi connectivity index (χ4v) is 3.79. The molecular formula is C18H26N6OS. The number of nitrogens with one attached hydrogen (secondary N) is 1. The minimum Gasteiger partial charge on any atom is -0.353 e. The predicted molar refractivity (Wildman–Crippen MR) is 102 cm³/mol. The number of rotatable bonds is 10. The van der Waals surface area contributed by atoms with Crippen LogP contribution in [-0.2, 0) is 4.79 Å². The summed E-state index contributed by atoms with van der Waals surface area (Å²) in [5.74, 6) is 0.334. The Hall–Kier alpha value is -1.93. The molecular weight excluding hydrogens is 348 g/mol. The zero-order chi connectivity index (χ0) is 18.4. The van der Waals surface area contributed by atoms with Crippen molar-refractivity contribution in [2.75, 3.05) is 25.4 Å². The average Bonchev–Trinajstić information content (AvgIpc) is 3.42. The first kappa shape index (κ1) is 18.8. The molecule has 140 valence electrons. The number of hydrogen-bond donors (Lipinski definition) is 1. The topological polar surface area (TPSA) is 75.9 Å². The molecule has 1 aliphatic carbocycles. The lowest BCUT2D eigenvalue weighted by Gasteiger charge is -2.30. The molecule has 1 aromatic carbocycles. The van der Waals surface area contributed by atoms with E-state index in [0.717, 1.165) is 31.1 Å². The highest BCUT2D eigenvalue weighted by molar-refractivity contribution is 7.99. The lowest BCUT2D eigenvalue weighted by atomic mass is 10.1. The minimum absolute atomic E-state index is 0.00781. The van der Waals surface area contributed by atoms with Crippen molar-refractivity contribution in [2.45, 2.75) is 43.9 Å². The number of carbonyl (C=O) groups is 1. The van der Waals surface area contributed by atoms with Crippen molar-refractivity contribution in [3.63, 3.8) is 0 Å². The molecule has 1 aromatic heterocycles. The summed E-state index contributed by atoms with van der Waals surface area (Å²) in [6.45, 7) is 6.77. The van der Waals surface area contributed by atoms with Crippen LogP contribution in [0.25, 0.3) is 0 Å². The van der Waals surface area contributed by atoms with E-state index in [1.807, 2.05) is 22.9 Å². The van der Waals surface area contributed by atoms with E-state index in [1.54, 1.807) is 0 Å². The van der Waals surface area contributed by atoms with Crippen LogP contribution < -0.4 is 5.32 Å². The molecule has 1 saturated carbocycles. The molecule has 0 radical (unpaired) electrons. The predicted octanol–water partition coefficient (Wildman–Crippen LogP) is 2.30. The number of tetrazole rings is 1. The monoisotopic (exact) mass is 374 g/mol. The molecule has 0 aliphatic heterocycles. The zero-order valence-corrected chi connectivity index (χ0v) is 16.2. The van der Waals surface area contributed by atoms with Crippen LogP contribution in [0.1, 0.15) is 44.3 Å². The first-order valence-corrected chi connectivity index (χ1v) is 10.2. The fraction of sp³-hybridized carbons (Fsp3) is 0.556. The molecule has 26 heavy (non-hydrogen) atoms. The second kappa shape index (κ2) is 9.14. The van der Waals surface area contributed by atoms with Crippen molar-refractivity contribution < 1.29 is 4.79 Å². The summed E-state index contributed by atoms with van der Waals surface area (Å²) in [6.07, 6.45) is 2.24. The summed E-state index contributed by atoms with van der Waals surface area (Å²) in [4.78, 5) is 14.7. The Bertz CT molecular complexity index is 699. The number of hydrogen-bond acceptors (Lipinski definition) is 6. The highest BCUT2D eigenvalue weighted by atomic mass is 32.2. The lowest BCUT2D eigenvalue weighted by Crippen LogP contribution is -2.38. The summed E-state index contributed by atoms with van der Waals surface area (Å²) < 4.78 is 1.83. The number of nitrogens with zero attached hydrogens (tertiary/aromatic N) is 5. The van der Waals surface area contributed by atoms with Gasteiger partial charge in [-0.2, -0.15) is 0 Å². The minimum atomic E-state index is 0.00781. The van der Waals surface area contributed by atoms with Crippen molar-refractivity contribution >= 4 is 17.7 Å². The van der Waals surface area contributed by atoms with Gasteiger partial charge in [-0.3, -0.25) is 9.69 Å². The highest BCUT2D eigenvalue weighted by Crippen LogP contribution is 2.36. The van der Waals surface area contributed by atoms with E-state index >= 15 is 0 Å². The maximum absolute atomic E-state index is 12.3. The first-order chi connectivity index (χ1) is 12.7. The lowest BCUT2D eigenvalue weighted by molar-refractivity contribution is -0.118. The number of likely N-dealkylation sites (N-methyl/N-ethyl adjacent to an activating group) is 1. The van der Waals surface area contributed by atoms with E-state index in [0.29, 0.717) is 18.3 Å². The van der Waals surface area contributed by atoms with E-state index in [4.69, 9.17) is 0 Å². The standard InChI is InChI=1S/C18H26N6OS/c1-3-23(4-2)16(14-8-6-5-7-9-14)12-19-17(25)13-26-18-20-21-22-24(18)15-10-11-15/h5-9,15-16H,3-4,10-13H2,1-2H3,(H,19,25). The van der Waals surface area contributed by atoms with E-state index < -0.39 is 0 Å². The van der Waals surface area contributed by atoms with Crippen LogP contribution >= 0.6 is 11.8 Å². The summed E-state index contributed by atoms with van der Waals surface area (Å²) >= 11 is 1.40. The van der Waals surface area contributed by atoms with Gasteiger partial charge in [-0.25, -0.2) is 4.68 Å². The van der Waals surface area contributed by atoms with Gasteiger partial charge in [0.05, 0.1) is 17.8 Å². The Morgan fingerprint density at radius 1 is 1.31 bits per heavy atom. The van der Waals surface area contributed by atoms with E-state index in [9.17, 15) is 4.79 Å². The van der Waals surface area contributed by atoms with Gasteiger partial charge in [0.1, 0.15) is 0 Å². The van der Waals surface area contributed by atoms with Gasteiger partial charge in [-0.05, 0) is 41.9 Å². The van der Waals surface area contributed by atoms with E-state index in [-0.39, 0.29) is 11.9 Å². The molecule has 0 bridgehead atoms. The third kappa shape index (κ3) is 4.82. The number of amides is 1. The van der Waals surface area contributed by atoms with Crippen molar-refractivity contribution in [3.8, 4) is 0 Å². The van der Waals surface area contributed by atoms with Gasteiger partial charge < -0.3 is 5.32 Å². The van der Waals surface area contributed by atoms with Gasteiger partial charge in [0.2, 0.25) is 11.1 Å². The van der Waals surface area contributed by atoms with E-state index in [2.05, 4.69) is 51.7 Å². The molecule has 0 saturated heterocycles. The van der Waals surface area contributed by atoms with Crippen LogP contribution in [0.2, 0.25) is 0 Å². The second-order valence-corrected chi connectivity index (χ2v) is 7.32. The first-order valence-electron chi connectivity index (χ1n) is 9.19. The number of carbonyl (C=O) groups excluding carboxylic acids is 1. The molecule has 1 N–H and O–H groups in total. The Morgan fingerprint density at radius 2 is 2.04 bits per heavy atom. The molecule has 0 spiro atoms. The van der Waals surface area contributed by atoms with Gasteiger partial charge in [0.15, 0.2) is 0 Å². The fourth-order valence-electron chi connectivity index (χ4n) is 3.02. The normalized spacial score (nSPS) is 15.2. The maximum atomic E-state index is 12.3. The van der Waals surface area contributed by atoms with Crippen molar-refractivity contribution in [1.29, 1.82) is 0 Å². The van der Waals surface area contributed by atoms with E-state index in [1.165, 1.54) is 17.3 Å². The van der Waals surface area contributed by atoms with Gasteiger partial charge >= 0.3 is 0 Å². The second-order valence-electron chi connectivity index (χ2n) is 6.38. The summed E-state index contributed by atoms with van der Waals surface area (Å²) in [5, 5.41) is 15.6. The van der Waals surface area contributed by atoms with Crippen LogP contribution in [0, 0.1) is 0 Å². The number of aromatic nitrogens is 4. The van der Waals surface area contributed by atoms with Gasteiger partial charge in [0, 0.05) is 6.54 Å². The van der Waals surface area contributed by atoms with Crippen molar-refractivity contribution in [2.24, 2.45) is 0 Å². The van der Waals surface area contributed by atoms with Crippen LogP contribution in [0.4, 0.5) is 0 Å². The quantitative estimate of drug-likeness (QED) is 0.643. The zero-order valence-electron chi connectivity index (χ0n) is 15.3. The largest absolute Gasteiger partial charge is 0.353 e. The van der Waals surface area contributed by atoms with Gasteiger partial charge in [0.25, 0.3) is 0 Å². The molecule has 1 unspecified atom stereocenters. The van der Waals surface area contributed by atoms with Crippen LogP contribution in [0.5, 0.6) is 0 Å². The average molecular weight is 375 g/mol. The Labute approximate surface area is 158 Å². The number of thioether (sulfide) groups is 1. The molecule has 1 heterocycles. The number of benzene rings is 1. The Balaban J connectivity index is 1.54. The molecule has 2 aromatic rings. The molecule has 3 rings (SSSR count). The molecule has 1 amide bonds. The highest BCUT2D eigenvalue weighted by Gasteiger charge is 2.28. The van der Waals surface area contributed by atoms with Crippen molar-refractivity contribution in [1.82, 2.24) is 30.4 Å². The molecule has 1 atom stereocenters. The molecule has 1 aliphatic rings. The summed E-state index contributed by atoms with van der Waals surface area (Å²) in [5.41, 5.74) is 1.22. The third-order valence-corrected chi connectivity index (χ3v) is 5.55. The van der Waals surface area contributed by atoms with Crippen LogP contribution in [0.15, 0.2) is 35.5 Å². The molecule has 1 fully saturated rings. The Kier molecular flexibility index (Phi) is 6.62. The van der Waals surface area contributed by atoms with Crippen molar-refractivity contribution in [3.05, 3.63) is 35.9 Å². The summed E-state index contributed by atoms with van der Waals surface area (Å²) in [6, 6.07) is 10.9. The Morgan fingerprint density at radius 3 is 2.69 bits per heavy atom. The van der Waals surface area contributed by atoms with Gasteiger partial charge in [-0.15, -0.1) is 5.10 Å². The molecule has 8 heteroatoms. The maximum Gasteiger partial charge on any atom is 0.230 e. The van der Waals surface area contributed by atoms with Crippen LogP contribution in [0.3, 0.4) is 0 Å². The summed E-state index contributed by atoms with van der Waals surface area (Å²) in [7, 11) is 0.